The van der Waals surface area contributed by atoms with Crippen molar-refractivity contribution in [2.75, 3.05) is 26.4 Å². The SMILES string of the molecule is CCNCc1ccccc1OCC(=O)NC1CCOCC1. The first-order valence-corrected chi connectivity index (χ1v) is 7.58. The largest absolute Gasteiger partial charge is 0.483 e. The Kier molecular flexibility index (Phi) is 6.50. The second kappa shape index (κ2) is 8.64. The van der Waals surface area contributed by atoms with Crippen molar-refractivity contribution >= 4 is 5.91 Å². The Morgan fingerprint density at radius 3 is 2.86 bits per heavy atom. The van der Waals surface area contributed by atoms with Gasteiger partial charge in [-0.25, -0.2) is 0 Å². The molecule has 1 aliphatic heterocycles. The molecule has 21 heavy (non-hydrogen) atoms. The number of benzene rings is 1. The van der Waals surface area contributed by atoms with Crippen LogP contribution in [-0.4, -0.2) is 38.3 Å². The van der Waals surface area contributed by atoms with Crippen LogP contribution in [0.25, 0.3) is 0 Å². The smallest absolute Gasteiger partial charge is 0.258 e. The van der Waals surface area contributed by atoms with Crippen LogP contribution in [0.2, 0.25) is 0 Å². The van der Waals surface area contributed by atoms with Crippen LogP contribution in [0.4, 0.5) is 0 Å². The normalized spacial score (nSPS) is 15.7. The van der Waals surface area contributed by atoms with Gasteiger partial charge in [-0.3, -0.25) is 4.79 Å². The van der Waals surface area contributed by atoms with Crippen molar-refractivity contribution in [1.82, 2.24) is 10.6 Å². The van der Waals surface area contributed by atoms with E-state index in [4.69, 9.17) is 9.47 Å². The predicted octanol–water partition coefficient (Wildman–Crippen LogP) is 1.47. The molecule has 0 aliphatic carbocycles. The zero-order valence-corrected chi connectivity index (χ0v) is 12.6. The lowest BCUT2D eigenvalue weighted by atomic mass is 10.1. The first-order valence-electron chi connectivity index (χ1n) is 7.58. The van der Waals surface area contributed by atoms with Crippen molar-refractivity contribution in [2.24, 2.45) is 0 Å². The molecule has 0 atom stereocenters. The Morgan fingerprint density at radius 1 is 1.33 bits per heavy atom. The maximum Gasteiger partial charge on any atom is 0.258 e. The van der Waals surface area contributed by atoms with Gasteiger partial charge in [-0.2, -0.15) is 0 Å². The summed E-state index contributed by atoms with van der Waals surface area (Å²) < 4.78 is 10.9. The minimum Gasteiger partial charge on any atom is -0.483 e. The van der Waals surface area contributed by atoms with Crippen molar-refractivity contribution in [3.05, 3.63) is 29.8 Å². The van der Waals surface area contributed by atoms with Crippen molar-refractivity contribution < 1.29 is 14.3 Å². The number of amides is 1. The summed E-state index contributed by atoms with van der Waals surface area (Å²) in [7, 11) is 0. The Labute approximate surface area is 126 Å². The Hall–Kier alpha value is -1.59. The monoisotopic (exact) mass is 292 g/mol. The third kappa shape index (κ3) is 5.36. The van der Waals surface area contributed by atoms with Crippen LogP contribution in [-0.2, 0) is 16.1 Å². The van der Waals surface area contributed by atoms with Gasteiger partial charge in [0.2, 0.25) is 0 Å². The Morgan fingerprint density at radius 2 is 2.10 bits per heavy atom. The highest BCUT2D eigenvalue weighted by molar-refractivity contribution is 5.77. The Balaban J connectivity index is 1.80. The maximum atomic E-state index is 11.9. The minimum atomic E-state index is -0.0693. The summed E-state index contributed by atoms with van der Waals surface area (Å²) in [5.41, 5.74) is 1.07. The molecule has 1 amide bonds. The summed E-state index contributed by atoms with van der Waals surface area (Å²) in [4.78, 5) is 11.9. The first kappa shape index (κ1) is 15.8. The number of rotatable bonds is 7. The zero-order valence-electron chi connectivity index (χ0n) is 12.6. The van der Waals surface area contributed by atoms with Gasteiger partial charge in [0.15, 0.2) is 6.61 Å². The van der Waals surface area contributed by atoms with Crippen LogP contribution in [0.1, 0.15) is 25.3 Å². The number of nitrogens with one attached hydrogen (secondary N) is 2. The molecule has 1 saturated heterocycles. The third-order valence-electron chi connectivity index (χ3n) is 3.48. The number of hydrogen-bond donors (Lipinski definition) is 2. The average molecular weight is 292 g/mol. The van der Waals surface area contributed by atoms with E-state index in [-0.39, 0.29) is 18.6 Å². The van der Waals surface area contributed by atoms with Crippen LogP contribution in [0, 0.1) is 0 Å². The van der Waals surface area contributed by atoms with Gasteiger partial charge in [0, 0.05) is 31.4 Å². The van der Waals surface area contributed by atoms with Gasteiger partial charge in [0.1, 0.15) is 5.75 Å². The molecular formula is C16H24N2O3. The summed E-state index contributed by atoms with van der Waals surface area (Å²) in [5, 5.41) is 6.26. The van der Waals surface area contributed by atoms with Crippen molar-refractivity contribution in [3.63, 3.8) is 0 Å². The van der Waals surface area contributed by atoms with Gasteiger partial charge in [0.25, 0.3) is 5.91 Å². The van der Waals surface area contributed by atoms with Crippen LogP contribution >= 0.6 is 0 Å². The molecule has 1 aromatic carbocycles. The van der Waals surface area contributed by atoms with Gasteiger partial charge in [-0.1, -0.05) is 25.1 Å². The molecule has 5 heteroatoms. The van der Waals surface area contributed by atoms with Gasteiger partial charge in [0.05, 0.1) is 0 Å². The molecule has 0 saturated carbocycles. The van der Waals surface area contributed by atoms with Crippen LogP contribution in [0.3, 0.4) is 0 Å². The lowest BCUT2D eigenvalue weighted by Crippen LogP contribution is -2.41. The van der Waals surface area contributed by atoms with Crippen LogP contribution in [0.5, 0.6) is 5.75 Å². The molecule has 5 nitrogen and oxygen atoms in total. The van der Waals surface area contributed by atoms with Gasteiger partial charge < -0.3 is 20.1 Å². The van der Waals surface area contributed by atoms with E-state index in [2.05, 4.69) is 17.6 Å². The van der Waals surface area contributed by atoms with E-state index in [1.54, 1.807) is 0 Å². The molecule has 0 spiro atoms. The van der Waals surface area contributed by atoms with Crippen LogP contribution in [0.15, 0.2) is 24.3 Å². The number of hydrogen-bond acceptors (Lipinski definition) is 4. The fourth-order valence-corrected chi connectivity index (χ4v) is 2.30. The first-order chi connectivity index (χ1) is 10.3. The fraction of sp³-hybridized carbons (Fsp3) is 0.562. The van der Waals surface area contributed by atoms with Crippen molar-refractivity contribution in [1.29, 1.82) is 0 Å². The highest BCUT2D eigenvalue weighted by Crippen LogP contribution is 2.17. The van der Waals surface area contributed by atoms with E-state index in [0.29, 0.717) is 0 Å². The van der Waals surface area contributed by atoms with Gasteiger partial charge >= 0.3 is 0 Å². The third-order valence-corrected chi connectivity index (χ3v) is 3.48. The number of para-hydroxylation sites is 1. The molecule has 1 aromatic rings. The fourth-order valence-electron chi connectivity index (χ4n) is 2.30. The molecule has 2 N–H and O–H groups in total. The van der Waals surface area contributed by atoms with Crippen molar-refractivity contribution in [2.45, 2.75) is 32.4 Å². The number of ether oxygens (including phenoxy) is 2. The summed E-state index contributed by atoms with van der Waals surface area (Å²) in [6.45, 7) is 5.20. The van der Waals surface area contributed by atoms with Crippen LogP contribution < -0.4 is 15.4 Å². The van der Waals surface area contributed by atoms with Crippen molar-refractivity contribution in [3.8, 4) is 5.75 Å². The molecule has 0 bridgehead atoms. The lowest BCUT2D eigenvalue weighted by Gasteiger charge is -2.23. The second-order valence-corrected chi connectivity index (χ2v) is 5.13. The molecule has 1 aliphatic rings. The molecule has 1 heterocycles. The quantitative estimate of drug-likeness (QED) is 0.799. The van der Waals surface area contributed by atoms with E-state index in [0.717, 1.165) is 50.5 Å². The lowest BCUT2D eigenvalue weighted by molar-refractivity contribution is -0.124. The topological polar surface area (TPSA) is 59.6 Å². The molecular weight excluding hydrogens is 268 g/mol. The average Bonchev–Trinajstić information content (AvgIpc) is 2.52. The zero-order chi connectivity index (χ0) is 14.9. The van der Waals surface area contributed by atoms with E-state index in [9.17, 15) is 4.79 Å². The van der Waals surface area contributed by atoms with E-state index < -0.39 is 0 Å². The van der Waals surface area contributed by atoms with Gasteiger partial charge in [-0.05, 0) is 25.5 Å². The summed E-state index contributed by atoms with van der Waals surface area (Å²) >= 11 is 0. The molecule has 0 radical (unpaired) electrons. The minimum absolute atomic E-state index is 0.0560. The molecule has 0 aromatic heterocycles. The van der Waals surface area contributed by atoms with E-state index in [1.807, 2.05) is 24.3 Å². The highest BCUT2D eigenvalue weighted by atomic mass is 16.5. The summed E-state index contributed by atoms with van der Waals surface area (Å²) in [5.74, 6) is 0.695. The van der Waals surface area contributed by atoms with Gasteiger partial charge in [-0.15, -0.1) is 0 Å². The molecule has 1 fully saturated rings. The highest BCUT2D eigenvalue weighted by Gasteiger charge is 2.16. The Bertz CT molecular complexity index is 445. The molecule has 0 unspecified atom stereocenters. The number of carbonyl (C=O) groups is 1. The number of carbonyl (C=O) groups excluding carboxylic acids is 1. The summed E-state index contributed by atoms with van der Waals surface area (Å²) in [6.07, 6.45) is 1.76. The van der Waals surface area contributed by atoms with E-state index >= 15 is 0 Å². The van der Waals surface area contributed by atoms with E-state index in [1.165, 1.54) is 0 Å². The second-order valence-electron chi connectivity index (χ2n) is 5.13. The standard InChI is InChI=1S/C16H24N2O3/c1-2-17-11-13-5-3-4-6-15(13)21-12-16(19)18-14-7-9-20-10-8-14/h3-6,14,17H,2,7-12H2,1H3,(H,18,19). The molecule has 116 valence electrons. The summed E-state index contributed by atoms with van der Waals surface area (Å²) in [6, 6.07) is 8.01. The maximum absolute atomic E-state index is 11.9. The molecule has 2 rings (SSSR count). The predicted molar refractivity (Wildman–Crippen MR) is 81.3 cm³/mol.